The van der Waals surface area contributed by atoms with Crippen molar-refractivity contribution < 1.29 is 13.0 Å². The predicted octanol–water partition coefficient (Wildman–Crippen LogP) is 0.805. The summed E-state index contributed by atoms with van der Waals surface area (Å²) >= 11 is 0. The van der Waals surface area contributed by atoms with E-state index in [1.807, 2.05) is 20.8 Å². The molecule has 0 fully saturated rings. The van der Waals surface area contributed by atoms with Gasteiger partial charge in [0, 0.05) is 0 Å². The Morgan fingerprint density at radius 2 is 1.82 bits per heavy atom. The molecule has 5 heteroatoms. The van der Waals surface area contributed by atoms with Crippen LogP contribution in [0.15, 0.2) is 0 Å². The Labute approximate surface area is 71.4 Å². The van der Waals surface area contributed by atoms with Gasteiger partial charge >= 0.3 is 0 Å². The lowest BCUT2D eigenvalue weighted by atomic mass is 9.93. The molecule has 0 saturated carbocycles. The molecular weight excluding hydrogens is 180 g/mol. The molecule has 0 aliphatic carbocycles. The molecule has 0 amide bonds. The number of rotatable bonds is 2. The molecule has 0 saturated heterocycles. The van der Waals surface area contributed by atoms with Gasteiger partial charge in [-0.3, -0.25) is 4.55 Å². The van der Waals surface area contributed by atoms with E-state index in [0.717, 1.165) is 0 Å². The van der Waals surface area contributed by atoms with Gasteiger partial charge in [0.25, 0.3) is 10.1 Å². The fourth-order valence-electron chi connectivity index (χ4n) is 0.661. The van der Waals surface area contributed by atoms with Crippen LogP contribution in [0.25, 0.3) is 0 Å². The summed E-state index contributed by atoms with van der Waals surface area (Å²) in [5, 5.41) is 0. The normalized spacial score (nSPS) is 16.5. The van der Waals surface area contributed by atoms with E-state index in [4.69, 9.17) is 4.55 Å². The van der Waals surface area contributed by atoms with E-state index in [1.54, 1.807) is 0 Å². The predicted molar refractivity (Wildman–Crippen MR) is 45.2 cm³/mol. The standard InChI is InChI=1S/C6H13O3SSi/c1-6(2,3)4-5(11)10(7,8)9/h5H,4H2,1-3H3,(H,7,8,9). The smallest absolute Gasteiger partial charge is 0.264 e. The van der Waals surface area contributed by atoms with Crippen molar-refractivity contribution in [2.24, 2.45) is 5.41 Å². The van der Waals surface area contributed by atoms with Crippen LogP contribution in [-0.4, -0.2) is 28.1 Å². The Hall–Kier alpha value is 0.127. The average molecular weight is 193 g/mol. The maximum absolute atomic E-state index is 10.5. The summed E-state index contributed by atoms with van der Waals surface area (Å²) in [4.78, 5) is -0.859. The van der Waals surface area contributed by atoms with Crippen LogP contribution in [-0.2, 0) is 10.1 Å². The summed E-state index contributed by atoms with van der Waals surface area (Å²) in [6, 6.07) is 0. The highest BCUT2D eigenvalue weighted by atomic mass is 32.2. The largest absolute Gasteiger partial charge is 0.286 e. The van der Waals surface area contributed by atoms with Crippen molar-refractivity contribution in [3.05, 3.63) is 0 Å². The first-order valence-electron chi connectivity index (χ1n) is 3.30. The van der Waals surface area contributed by atoms with E-state index in [9.17, 15) is 8.42 Å². The zero-order valence-corrected chi connectivity index (χ0v) is 8.77. The summed E-state index contributed by atoms with van der Waals surface area (Å²) in [6.07, 6.45) is 0.392. The first-order valence-corrected chi connectivity index (χ1v) is 5.38. The van der Waals surface area contributed by atoms with Gasteiger partial charge in [0.1, 0.15) is 0 Å². The lowest BCUT2D eigenvalue weighted by Crippen LogP contribution is -2.26. The van der Waals surface area contributed by atoms with E-state index in [2.05, 4.69) is 10.2 Å². The van der Waals surface area contributed by atoms with Crippen LogP contribution < -0.4 is 0 Å². The van der Waals surface area contributed by atoms with Crippen LogP contribution in [0.5, 0.6) is 0 Å². The third kappa shape index (κ3) is 5.40. The highest BCUT2D eigenvalue weighted by Gasteiger charge is 2.23. The van der Waals surface area contributed by atoms with Crippen LogP contribution in [0.4, 0.5) is 0 Å². The van der Waals surface area contributed by atoms with Crippen molar-refractivity contribution in [2.75, 3.05) is 0 Å². The minimum atomic E-state index is -3.92. The minimum Gasteiger partial charge on any atom is -0.286 e. The monoisotopic (exact) mass is 193 g/mol. The Bertz CT molecular complexity index is 214. The van der Waals surface area contributed by atoms with Gasteiger partial charge in [0.05, 0.1) is 15.1 Å². The Morgan fingerprint density at radius 3 is 1.91 bits per heavy atom. The molecule has 0 aromatic heterocycles. The zero-order valence-electron chi connectivity index (χ0n) is 6.96. The highest BCUT2D eigenvalue weighted by molar-refractivity contribution is 7.87. The van der Waals surface area contributed by atoms with Crippen molar-refractivity contribution in [2.45, 2.75) is 32.1 Å². The second-order valence-electron chi connectivity index (χ2n) is 3.77. The van der Waals surface area contributed by atoms with Gasteiger partial charge in [-0.1, -0.05) is 20.8 Å². The van der Waals surface area contributed by atoms with Crippen LogP contribution in [0.1, 0.15) is 27.2 Å². The lowest BCUT2D eigenvalue weighted by molar-refractivity contribution is 0.377. The molecule has 0 rings (SSSR count). The Morgan fingerprint density at radius 1 is 1.45 bits per heavy atom. The molecule has 3 radical (unpaired) electrons. The molecule has 0 aromatic carbocycles. The number of hydrogen-bond donors (Lipinski definition) is 1. The summed E-state index contributed by atoms with van der Waals surface area (Å²) in [5.74, 6) is 0. The SMILES string of the molecule is CC(C)(C)CC([Si])S(=O)(=O)O. The molecule has 0 aliphatic heterocycles. The van der Waals surface area contributed by atoms with E-state index in [-0.39, 0.29) is 5.41 Å². The van der Waals surface area contributed by atoms with Gasteiger partial charge in [-0.25, -0.2) is 0 Å². The maximum atomic E-state index is 10.5. The second kappa shape index (κ2) is 3.24. The topological polar surface area (TPSA) is 54.4 Å². The van der Waals surface area contributed by atoms with Gasteiger partial charge in [-0.15, -0.1) is 0 Å². The first kappa shape index (κ1) is 11.1. The molecule has 0 spiro atoms. The minimum absolute atomic E-state index is 0.109. The van der Waals surface area contributed by atoms with E-state index in [1.165, 1.54) is 0 Å². The van der Waals surface area contributed by atoms with Crippen molar-refractivity contribution in [1.29, 1.82) is 0 Å². The van der Waals surface area contributed by atoms with Crippen molar-refractivity contribution in [3.8, 4) is 0 Å². The quantitative estimate of drug-likeness (QED) is 0.521. The van der Waals surface area contributed by atoms with Crippen LogP contribution in [0.3, 0.4) is 0 Å². The average Bonchev–Trinajstić information content (AvgIpc) is 1.56. The fourth-order valence-corrected chi connectivity index (χ4v) is 1.98. The second-order valence-corrected chi connectivity index (χ2v) is 6.48. The zero-order chi connectivity index (χ0) is 9.28. The van der Waals surface area contributed by atoms with Crippen LogP contribution in [0, 0.1) is 5.41 Å². The van der Waals surface area contributed by atoms with E-state index < -0.39 is 15.0 Å². The molecular formula is C6H13O3SSi. The van der Waals surface area contributed by atoms with Crippen LogP contribution >= 0.6 is 0 Å². The van der Waals surface area contributed by atoms with Gasteiger partial charge < -0.3 is 0 Å². The highest BCUT2D eigenvalue weighted by Crippen LogP contribution is 2.22. The molecule has 0 aliphatic rings. The fraction of sp³-hybridized carbons (Fsp3) is 1.00. The first-order chi connectivity index (χ1) is 4.63. The van der Waals surface area contributed by atoms with Gasteiger partial charge in [-0.05, 0) is 11.8 Å². The molecule has 65 valence electrons. The maximum Gasteiger partial charge on any atom is 0.264 e. The number of hydrogen-bond acceptors (Lipinski definition) is 2. The molecule has 0 bridgehead atoms. The van der Waals surface area contributed by atoms with Gasteiger partial charge in [0.2, 0.25) is 0 Å². The lowest BCUT2D eigenvalue weighted by Gasteiger charge is -2.20. The third-order valence-corrected chi connectivity index (χ3v) is 3.14. The molecule has 0 aromatic rings. The van der Waals surface area contributed by atoms with E-state index >= 15 is 0 Å². The molecule has 1 unspecified atom stereocenters. The van der Waals surface area contributed by atoms with Gasteiger partial charge in [0.15, 0.2) is 0 Å². The van der Waals surface area contributed by atoms with Crippen LogP contribution in [0.2, 0.25) is 0 Å². The van der Waals surface area contributed by atoms with Crippen molar-refractivity contribution in [1.82, 2.24) is 0 Å². The summed E-state index contributed by atoms with van der Waals surface area (Å²) in [7, 11) is -0.975. The van der Waals surface area contributed by atoms with E-state index in [0.29, 0.717) is 6.42 Å². The van der Waals surface area contributed by atoms with Gasteiger partial charge in [-0.2, -0.15) is 8.42 Å². The summed E-state index contributed by atoms with van der Waals surface area (Å²) < 4.78 is 29.6. The third-order valence-electron chi connectivity index (χ3n) is 1.16. The van der Waals surface area contributed by atoms with Crippen molar-refractivity contribution >= 4 is 20.4 Å². The Kier molecular flexibility index (Phi) is 3.28. The Balaban J connectivity index is 4.22. The molecule has 3 nitrogen and oxygen atoms in total. The summed E-state index contributed by atoms with van der Waals surface area (Å²) in [5.41, 5.74) is -0.109. The molecule has 1 N–H and O–H groups in total. The molecule has 11 heavy (non-hydrogen) atoms. The molecule has 0 heterocycles. The summed E-state index contributed by atoms with van der Waals surface area (Å²) in [6.45, 7) is 5.72. The van der Waals surface area contributed by atoms with Crippen molar-refractivity contribution in [3.63, 3.8) is 0 Å². The molecule has 1 atom stereocenters.